The van der Waals surface area contributed by atoms with E-state index in [1.54, 1.807) is 28.6 Å². The number of piperidine rings is 2. The van der Waals surface area contributed by atoms with Crippen molar-refractivity contribution in [1.29, 1.82) is 0 Å². The van der Waals surface area contributed by atoms with Crippen LogP contribution in [0.2, 0.25) is 0 Å². The lowest BCUT2D eigenvalue weighted by Crippen LogP contribution is -2.57. The third-order valence-electron chi connectivity index (χ3n) is 6.81. The highest BCUT2D eigenvalue weighted by atomic mass is 35.5. The number of anilines is 1. The van der Waals surface area contributed by atoms with Gasteiger partial charge in [0, 0.05) is 37.4 Å². The molecule has 0 saturated carbocycles. The first kappa shape index (κ1) is 20.7. The van der Waals surface area contributed by atoms with E-state index in [9.17, 15) is 8.42 Å². The second-order valence-electron chi connectivity index (χ2n) is 8.35. The van der Waals surface area contributed by atoms with Gasteiger partial charge in [-0.2, -0.15) is 4.31 Å². The first-order valence-electron chi connectivity index (χ1n) is 10.2. The first-order chi connectivity index (χ1) is 13.5. The summed E-state index contributed by atoms with van der Waals surface area (Å²) in [6, 6.07) is 15.7. The SMILES string of the molecule is Cl.Nc1ccc(S(=O)(=O)N2CCC[C@@H]3CN4CCc5ccccc5[C@@H]4C[C@@H]32)cc1. The van der Waals surface area contributed by atoms with E-state index in [0.29, 0.717) is 29.1 Å². The van der Waals surface area contributed by atoms with Crippen molar-refractivity contribution in [2.24, 2.45) is 5.92 Å². The molecule has 7 heteroatoms. The summed E-state index contributed by atoms with van der Waals surface area (Å²) in [5.41, 5.74) is 9.16. The van der Waals surface area contributed by atoms with Crippen LogP contribution in [0.25, 0.3) is 0 Å². The summed E-state index contributed by atoms with van der Waals surface area (Å²) in [6.07, 6.45) is 4.03. The molecule has 0 aromatic heterocycles. The van der Waals surface area contributed by atoms with Crippen molar-refractivity contribution in [2.45, 2.75) is 42.7 Å². The van der Waals surface area contributed by atoms with E-state index in [0.717, 1.165) is 38.8 Å². The molecule has 2 aromatic carbocycles. The lowest BCUT2D eigenvalue weighted by Gasteiger charge is -2.51. The van der Waals surface area contributed by atoms with E-state index < -0.39 is 10.0 Å². The third kappa shape index (κ3) is 3.56. The number of hydrogen-bond acceptors (Lipinski definition) is 4. The molecule has 0 radical (unpaired) electrons. The van der Waals surface area contributed by atoms with Gasteiger partial charge in [0.15, 0.2) is 0 Å². The zero-order valence-electron chi connectivity index (χ0n) is 16.4. The second-order valence-corrected chi connectivity index (χ2v) is 10.2. The van der Waals surface area contributed by atoms with Crippen molar-refractivity contribution in [3.8, 4) is 0 Å². The highest BCUT2D eigenvalue weighted by Crippen LogP contribution is 2.44. The fourth-order valence-electron chi connectivity index (χ4n) is 5.43. The van der Waals surface area contributed by atoms with Crippen LogP contribution in [0.5, 0.6) is 0 Å². The van der Waals surface area contributed by atoms with E-state index in [4.69, 9.17) is 5.73 Å². The Labute approximate surface area is 179 Å². The van der Waals surface area contributed by atoms with Crippen LogP contribution in [0.15, 0.2) is 53.4 Å². The van der Waals surface area contributed by atoms with Gasteiger partial charge in [0.2, 0.25) is 10.0 Å². The molecule has 3 aliphatic rings. The average Bonchev–Trinajstić information content (AvgIpc) is 2.72. The Morgan fingerprint density at radius 2 is 1.76 bits per heavy atom. The Kier molecular flexibility index (Phi) is 5.64. The number of rotatable bonds is 2. The summed E-state index contributed by atoms with van der Waals surface area (Å²) in [6.45, 7) is 2.69. The highest BCUT2D eigenvalue weighted by Gasteiger charge is 2.46. The molecular weight excluding hydrogens is 406 g/mol. The minimum Gasteiger partial charge on any atom is -0.399 e. The maximum Gasteiger partial charge on any atom is 0.243 e. The number of nitrogens with zero attached hydrogens (tertiary/aromatic N) is 2. The van der Waals surface area contributed by atoms with Crippen molar-refractivity contribution >= 4 is 28.1 Å². The lowest BCUT2D eigenvalue weighted by molar-refractivity contribution is 0.0220. The van der Waals surface area contributed by atoms with Crippen LogP contribution in [0.3, 0.4) is 0 Å². The first-order valence-corrected chi connectivity index (χ1v) is 11.7. The molecule has 0 spiro atoms. The van der Waals surface area contributed by atoms with E-state index in [1.807, 2.05) is 0 Å². The Morgan fingerprint density at radius 3 is 2.55 bits per heavy atom. The number of nitrogen functional groups attached to an aromatic ring is 1. The van der Waals surface area contributed by atoms with Gasteiger partial charge < -0.3 is 5.73 Å². The summed E-state index contributed by atoms with van der Waals surface area (Å²) >= 11 is 0. The number of sulfonamides is 1. The fourth-order valence-corrected chi connectivity index (χ4v) is 7.16. The summed E-state index contributed by atoms with van der Waals surface area (Å²) < 4.78 is 28.7. The van der Waals surface area contributed by atoms with E-state index in [1.165, 1.54) is 11.1 Å². The molecule has 29 heavy (non-hydrogen) atoms. The fraction of sp³-hybridized carbons (Fsp3) is 0.455. The number of fused-ring (bicyclic) bond motifs is 4. The standard InChI is InChI=1S/C22H27N3O2S.ClH/c23-18-7-9-19(10-8-18)28(26,27)25-12-3-5-17-15-24-13-11-16-4-1-2-6-20(16)22(24)14-21(17)25;/h1-2,4,6-10,17,21-22H,3,5,11-15,23H2;1H/t17-,21+,22+;/m1./s1. The van der Waals surface area contributed by atoms with Crippen molar-refractivity contribution in [1.82, 2.24) is 9.21 Å². The summed E-state index contributed by atoms with van der Waals surface area (Å²) in [5, 5.41) is 0. The molecule has 3 aliphatic heterocycles. The summed E-state index contributed by atoms with van der Waals surface area (Å²) in [5.74, 6) is 0.416. The van der Waals surface area contributed by atoms with Crippen LogP contribution in [0, 0.1) is 5.92 Å². The van der Waals surface area contributed by atoms with Gasteiger partial charge in [-0.15, -0.1) is 12.4 Å². The van der Waals surface area contributed by atoms with Crippen LogP contribution in [0.1, 0.15) is 36.4 Å². The van der Waals surface area contributed by atoms with Crippen LogP contribution in [-0.2, 0) is 16.4 Å². The Balaban J connectivity index is 0.00000205. The quantitative estimate of drug-likeness (QED) is 0.736. The van der Waals surface area contributed by atoms with Gasteiger partial charge >= 0.3 is 0 Å². The largest absolute Gasteiger partial charge is 0.399 e. The normalized spacial score (nSPS) is 27.2. The maximum absolute atomic E-state index is 13.4. The lowest BCUT2D eigenvalue weighted by atomic mass is 9.77. The number of hydrogen-bond donors (Lipinski definition) is 1. The van der Waals surface area contributed by atoms with Gasteiger partial charge in [-0.25, -0.2) is 8.42 Å². The van der Waals surface area contributed by atoms with Crippen LogP contribution in [0.4, 0.5) is 5.69 Å². The van der Waals surface area contributed by atoms with Crippen molar-refractivity contribution in [3.05, 3.63) is 59.7 Å². The number of nitrogens with two attached hydrogens (primary N) is 1. The monoisotopic (exact) mass is 433 g/mol. The molecule has 3 heterocycles. The van der Waals surface area contributed by atoms with Crippen LogP contribution >= 0.6 is 12.4 Å². The van der Waals surface area contributed by atoms with Gasteiger partial charge in [-0.05, 0) is 67.0 Å². The van der Waals surface area contributed by atoms with Gasteiger partial charge in [0.05, 0.1) is 4.90 Å². The minimum absolute atomic E-state index is 0. The molecule has 0 aliphatic carbocycles. The molecule has 2 fully saturated rings. The molecule has 2 saturated heterocycles. The van der Waals surface area contributed by atoms with E-state index >= 15 is 0 Å². The predicted octanol–water partition coefficient (Wildman–Crippen LogP) is 3.46. The Bertz CT molecular complexity index is 980. The number of halogens is 1. The Hall–Kier alpha value is -1.60. The zero-order valence-corrected chi connectivity index (χ0v) is 18.0. The zero-order chi connectivity index (χ0) is 19.3. The average molecular weight is 434 g/mol. The molecule has 156 valence electrons. The minimum atomic E-state index is -3.51. The molecule has 2 aromatic rings. The topological polar surface area (TPSA) is 66.6 Å². The molecule has 0 amide bonds. The summed E-state index contributed by atoms with van der Waals surface area (Å²) in [7, 11) is -3.51. The molecule has 3 atom stereocenters. The van der Waals surface area contributed by atoms with Gasteiger partial charge in [-0.3, -0.25) is 4.90 Å². The van der Waals surface area contributed by atoms with E-state index in [-0.39, 0.29) is 18.4 Å². The predicted molar refractivity (Wildman–Crippen MR) is 118 cm³/mol. The van der Waals surface area contributed by atoms with Crippen molar-refractivity contribution < 1.29 is 8.42 Å². The van der Waals surface area contributed by atoms with E-state index in [2.05, 4.69) is 29.2 Å². The third-order valence-corrected chi connectivity index (χ3v) is 8.75. The second kappa shape index (κ2) is 7.91. The molecule has 0 bridgehead atoms. The smallest absolute Gasteiger partial charge is 0.243 e. The molecule has 5 nitrogen and oxygen atoms in total. The van der Waals surface area contributed by atoms with Crippen LogP contribution < -0.4 is 5.73 Å². The van der Waals surface area contributed by atoms with Crippen molar-refractivity contribution in [2.75, 3.05) is 25.4 Å². The van der Waals surface area contributed by atoms with Gasteiger partial charge in [0.25, 0.3) is 0 Å². The summed E-state index contributed by atoms with van der Waals surface area (Å²) in [4.78, 5) is 2.94. The molecule has 5 rings (SSSR count). The van der Waals surface area contributed by atoms with Crippen molar-refractivity contribution in [3.63, 3.8) is 0 Å². The van der Waals surface area contributed by atoms with Gasteiger partial charge in [-0.1, -0.05) is 24.3 Å². The van der Waals surface area contributed by atoms with Crippen LogP contribution in [-0.4, -0.2) is 43.3 Å². The van der Waals surface area contributed by atoms with Gasteiger partial charge in [0.1, 0.15) is 0 Å². The molecular formula is C22H28ClN3O2S. The number of benzene rings is 2. The Morgan fingerprint density at radius 1 is 1.00 bits per heavy atom. The highest BCUT2D eigenvalue weighted by molar-refractivity contribution is 7.89. The maximum atomic E-state index is 13.4. The molecule has 0 unspecified atom stereocenters. The molecule has 2 N–H and O–H groups in total.